The molecule has 0 atom stereocenters. The lowest BCUT2D eigenvalue weighted by atomic mass is 9.90. The first kappa shape index (κ1) is 19.9. The molecule has 4 rings (SSSR count). The van der Waals surface area contributed by atoms with Gasteiger partial charge in [0.15, 0.2) is 16.6 Å². The van der Waals surface area contributed by atoms with E-state index < -0.39 is 0 Å². The van der Waals surface area contributed by atoms with Crippen LogP contribution in [0.2, 0.25) is 5.02 Å². The second-order valence-corrected chi connectivity index (χ2v) is 9.55. The zero-order valence-corrected chi connectivity index (χ0v) is 18.2. The van der Waals surface area contributed by atoms with Crippen molar-refractivity contribution in [1.82, 2.24) is 4.98 Å². The van der Waals surface area contributed by atoms with Gasteiger partial charge in [-0.3, -0.25) is 0 Å². The van der Waals surface area contributed by atoms with Crippen molar-refractivity contribution in [3.8, 4) is 17.2 Å². The summed E-state index contributed by atoms with van der Waals surface area (Å²) in [6.07, 6.45) is 0.769. The Bertz CT molecular complexity index is 1040. The summed E-state index contributed by atoms with van der Waals surface area (Å²) in [5, 5.41) is 14.8. The minimum absolute atomic E-state index is 0.0830. The predicted octanol–water partition coefficient (Wildman–Crippen LogP) is 5.73. The Balaban J connectivity index is 1.57. The van der Waals surface area contributed by atoms with Crippen molar-refractivity contribution < 1.29 is 14.6 Å². The SMILES string of the molecule is CC(C)(C)c1nc(NCc2cc(Cl)ccc2O)sc1Cc1ccc2c(c1)OCO2. The predicted molar refractivity (Wildman–Crippen MR) is 117 cm³/mol. The molecule has 2 N–H and O–H groups in total. The van der Waals surface area contributed by atoms with Gasteiger partial charge in [0.05, 0.1) is 5.69 Å². The van der Waals surface area contributed by atoms with E-state index in [1.54, 1.807) is 29.5 Å². The first-order valence-corrected chi connectivity index (χ1v) is 10.6. The van der Waals surface area contributed by atoms with Crippen molar-refractivity contribution >= 4 is 28.1 Å². The van der Waals surface area contributed by atoms with Crippen LogP contribution in [-0.4, -0.2) is 16.9 Å². The lowest BCUT2D eigenvalue weighted by Gasteiger charge is -2.17. The molecule has 29 heavy (non-hydrogen) atoms. The van der Waals surface area contributed by atoms with Crippen molar-refractivity contribution in [2.75, 3.05) is 12.1 Å². The molecule has 2 aromatic carbocycles. The number of aromatic nitrogens is 1. The Morgan fingerprint density at radius 3 is 2.72 bits per heavy atom. The van der Waals surface area contributed by atoms with Crippen LogP contribution in [-0.2, 0) is 18.4 Å². The number of fused-ring (bicyclic) bond motifs is 1. The van der Waals surface area contributed by atoms with Crippen LogP contribution in [0, 0.1) is 0 Å². The second kappa shape index (κ2) is 7.76. The van der Waals surface area contributed by atoms with Crippen LogP contribution in [0.1, 0.15) is 42.5 Å². The van der Waals surface area contributed by atoms with Gasteiger partial charge in [-0.25, -0.2) is 4.98 Å². The molecule has 1 aliphatic heterocycles. The number of hydrogen-bond acceptors (Lipinski definition) is 6. The fourth-order valence-corrected chi connectivity index (χ4v) is 4.63. The van der Waals surface area contributed by atoms with E-state index in [0.717, 1.165) is 39.9 Å². The van der Waals surface area contributed by atoms with Crippen molar-refractivity contribution in [3.63, 3.8) is 0 Å². The molecule has 7 heteroatoms. The third-order valence-electron chi connectivity index (χ3n) is 4.68. The van der Waals surface area contributed by atoms with Gasteiger partial charge >= 0.3 is 0 Å². The number of benzene rings is 2. The van der Waals surface area contributed by atoms with Crippen LogP contribution < -0.4 is 14.8 Å². The van der Waals surface area contributed by atoms with Crippen LogP contribution in [0.3, 0.4) is 0 Å². The molecule has 1 aromatic heterocycles. The van der Waals surface area contributed by atoms with E-state index in [2.05, 4.69) is 32.2 Å². The van der Waals surface area contributed by atoms with Crippen molar-refractivity contribution in [2.45, 2.75) is 39.2 Å². The van der Waals surface area contributed by atoms with Gasteiger partial charge in [-0.15, -0.1) is 11.3 Å². The average Bonchev–Trinajstić information content (AvgIpc) is 3.28. The van der Waals surface area contributed by atoms with Gasteiger partial charge in [0.1, 0.15) is 5.75 Å². The van der Waals surface area contributed by atoms with Gasteiger partial charge in [-0.1, -0.05) is 38.4 Å². The molecular weight excluding hydrogens is 408 g/mol. The summed E-state index contributed by atoms with van der Waals surface area (Å²) in [6.45, 7) is 7.22. The Labute approximate surface area is 179 Å². The summed E-state index contributed by atoms with van der Waals surface area (Å²) in [5.74, 6) is 1.80. The molecule has 0 saturated carbocycles. The molecule has 0 radical (unpaired) electrons. The fraction of sp³-hybridized carbons (Fsp3) is 0.318. The fourth-order valence-electron chi connectivity index (χ4n) is 3.24. The van der Waals surface area contributed by atoms with Gasteiger partial charge in [-0.05, 0) is 35.9 Å². The molecule has 2 heterocycles. The highest BCUT2D eigenvalue weighted by atomic mass is 35.5. The molecule has 0 aliphatic carbocycles. The highest BCUT2D eigenvalue weighted by molar-refractivity contribution is 7.15. The highest BCUT2D eigenvalue weighted by Gasteiger charge is 2.24. The number of thiazole rings is 1. The number of nitrogens with one attached hydrogen (secondary N) is 1. The number of halogens is 1. The van der Waals surface area contributed by atoms with E-state index >= 15 is 0 Å². The third kappa shape index (κ3) is 4.43. The minimum Gasteiger partial charge on any atom is -0.508 e. The summed E-state index contributed by atoms with van der Waals surface area (Å²) < 4.78 is 10.9. The Kier molecular flexibility index (Phi) is 5.32. The zero-order chi connectivity index (χ0) is 20.6. The van der Waals surface area contributed by atoms with Gasteiger partial charge in [0, 0.05) is 33.8 Å². The number of aromatic hydroxyl groups is 1. The average molecular weight is 431 g/mol. The van der Waals surface area contributed by atoms with Crippen molar-refractivity contribution in [2.24, 2.45) is 0 Å². The molecule has 5 nitrogen and oxygen atoms in total. The normalized spacial score (nSPS) is 13.0. The lowest BCUT2D eigenvalue weighted by Crippen LogP contribution is -2.14. The van der Waals surface area contributed by atoms with Crippen LogP contribution >= 0.6 is 22.9 Å². The monoisotopic (exact) mass is 430 g/mol. The molecule has 0 saturated heterocycles. The van der Waals surface area contributed by atoms with E-state index in [0.29, 0.717) is 11.6 Å². The summed E-state index contributed by atoms with van der Waals surface area (Å²) in [6, 6.07) is 11.1. The largest absolute Gasteiger partial charge is 0.508 e. The quantitative estimate of drug-likeness (QED) is 0.541. The molecule has 0 amide bonds. The third-order valence-corrected chi connectivity index (χ3v) is 5.93. The second-order valence-electron chi connectivity index (χ2n) is 8.03. The highest BCUT2D eigenvalue weighted by Crippen LogP contribution is 2.37. The van der Waals surface area contributed by atoms with Crippen LogP contribution in [0.25, 0.3) is 0 Å². The summed E-state index contributed by atoms with van der Waals surface area (Å²) >= 11 is 7.68. The van der Waals surface area contributed by atoms with Crippen molar-refractivity contribution in [1.29, 1.82) is 0 Å². The maximum absolute atomic E-state index is 10.0. The Hall–Kier alpha value is -2.44. The molecule has 152 valence electrons. The van der Waals surface area contributed by atoms with Gasteiger partial charge in [0.2, 0.25) is 6.79 Å². The van der Waals surface area contributed by atoms with Gasteiger partial charge in [0.25, 0.3) is 0 Å². The molecular formula is C22H23ClN2O3S. The Morgan fingerprint density at radius 2 is 1.93 bits per heavy atom. The summed E-state index contributed by atoms with van der Waals surface area (Å²) in [7, 11) is 0. The summed E-state index contributed by atoms with van der Waals surface area (Å²) in [4.78, 5) is 6.06. The molecule has 0 fully saturated rings. The summed E-state index contributed by atoms with van der Waals surface area (Å²) in [5.41, 5.74) is 2.88. The maximum atomic E-state index is 10.0. The van der Waals surface area contributed by atoms with E-state index in [1.807, 2.05) is 12.1 Å². The number of ether oxygens (including phenoxy) is 2. The smallest absolute Gasteiger partial charge is 0.231 e. The first-order valence-electron chi connectivity index (χ1n) is 9.39. The van der Waals surface area contributed by atoms with E-state index in [9.17, 15) is 5.11 Å². The van der Waals surface area contributed by atoms with Gasteiger partial charge in [-0.2, -0.15) is 0 Å². The lowest BCUT2D eigenvalue weighted by molar-refractivity contribution is 0.174. The van der Waals surface area contributed by atoms with Crippen LogP contribution in [0.5, 0.6) is 17.2 Å². The van der Waals surface area contributed by atoms with Crippen LogP contribution in [0.15, 0.2) is 36.4 Å². The minimum atomic E-state index is -0.0830. The van der Waals surface area contributed by atoms with E-state index in [-0.39, 0.29) is 18.0 Å². The molecule has 1 aliphatic rings. The van der Waals surface area contributed by atoms with Crippen LogP contribution in [0.4, 0.5) is 5.13 Å². The first-order chi connectivity index (χ1) is 13.8. The molecule has 0 bridgehead atoms. The van der Waals surface area contributed by atoms with E-state index in [4.69, 9.17) is 26.1 Å². The number of rotatable bonds is 5. The molecule has 0 spiro atoms. The number of nitrogens with zero attached hydrogens (tertiary/aromatic N) is 1. The van der Waals surface area contributed by atoms with Gasteiger partial charge < -0.3 is 19.9 Å². The Morgan fingerprint density at radius 1 is 1.14 bits per heavy atom. The molecule has 0 unspecified atom stereocenters. The molecule has 3 aromatic rings. The van der Waals surface area contributed by atoms with E-state index in [1.165, 1.54) is 4.88 Å². The number of hydrogen-bond donors (Lipinski definition) is 2. The number of phenolic OH excluding ortho intramolecular Hbond substituents is 1. The maximum Gasteiger partial charge on any atom is 0.231 e. The number of anilines is 1. The standard InChI is InChI=1S/C22H23ClN2O3S/c1-22(2,3)20-19(9-13-4-7-17-18(8-13)28-12-27-17)29-21(25-20)24-11-14-10-15(23)5-6-16(14)26/h4-8,10,26H,9,11-12H2,1-3H3,(H,24,25). The topological polar surface area (TPSA) is 63.6 Å². The zero-order valence-electron chi connectivity index (χ0n) is 16.6. The number of phenols is 1. The van der Waals surface area contributed by atoms with Crippen molar-refractivity contribution in [3.05, 3.63) is 63.1 Å².